The predicted molar refractivity (Wildman–Crippen MR) is 81.3 cm³/mol. The fourth-order valence-corrected chi connectivity index (χ4v) is 4.78. The standard InChI is InChI=1S/C15H23F3O7S/c1-21-13(22-2)9-8-10(25-26(19,20)15(16,17)18)12-11(9)23-14(24-12)6-4-3-5-7-14/h9-13H,3-8H2,1-2H3/t9-,10-,11+,12-/m0/s1. The summed E-state index contributed by atoms with van der Waals surface area (Å²) in [7, 11) is -2.94. The molecular weight excluding hydrogens is 381 g/mol. The van der Waals surface area contributed by atoms with Gasteiger partial charge in [0.2, 0.25) is 0 Å². The molecule has 0 aromatic rings. The molecule has 0 aromatic heterocycles. The van der Waals surface area contributed by atoms with Crippen LogP contribution in [0.3, 0.4) is 0 Å². The summed E-state index contributed by atoms with van der Waals surface area (Å²) < 4.78 is 88.2. The lowest BCUT2D eigenvalue weighted by atomic mass is 9.94. The van der Waals surface area contributed by atoms with Crippen LogP contribution in [0.25, 0.3) is 0 Å². The molecule has 3 aliphatic rings. The molecule has 0 radical (unpaired) electrons. The summed E-state index contributed by atoms with van der Waals surface area (Å²) in [6.45, 7) is 0. The molecule has 0 aromatic carbocycles. The van der Waals surface area contributed by atoms with Crippen LogP contribution in [0, 0.1) is 5.92 Å². The van der Waals surface area contributed by atoms with Crippen molar-refractivity contribution in [2.24, 2.45) is 5.92 Å². The lowest BCUT2D eigenvalue weighted by Crippen LogP contribution is -2.39. The Morgan fingerprint density at radius 3 is 2.15 bits per heavy atom. The van der Waals surface area contributed by atoms with Gasteiger partial charge in [-0.05, 0) is 19.3 Å². The van der Waals surface area contributed by atoms with Crippen LogP contribution in [0.15, 0.2) is 0 Å². The molecule has 4 atom stereocenters. The summed E-state index contributed by atoms with van der Waals surface area (Å²) in [5.41, 5.74) is -5.50. The van der Waals surface area contributed by atoms with Crippen LogP contribution in [0.5, 0.6) is 0 Å². The molecule has 0 unspecified atom stereocenters. The second-order valence-electron chi connectivity index (χ2n) is 6.91. The fraction of sp³-hybridized carbons (Fsp3) is 1.00. The highest BCUT2D eigenvalue weighted by Gasteiger charge is 2.61. The van der Waals surface area contributed by atoms with E-state index in [1.165, 1.54) is 14.2 Å². The topological polar surface area (TPSA) is 80.3 Å². The van der Waals surface area contributed by atoms with E-state index in [0.717, 1.165) is 19.3 Å². The number of fused-ring (bicyclic) bond motifs is 1. The molecule has 7 nitrogen and oxygen atoms in total. The molecule has 0 N–H and O–H groups in total. The number of rotatable bonds is 5. The molecule has 1 spiro atoms. The maximum atomic E-state index is 12.7. The van der Waals surface area contributed by atoms with E-state index in [0.29, 0.717) is 12.8 Å². The van der Waals surface area contributed by atoms with E-state index >= 15 is 0 Å². The molecule has 152 valence electrons. The summed E-state index contributed by atoms with van der Waals surface area (Å²) in [6, 6.07) is 0. The summed E-state index contributed by atoms with van der Waals surface area (Å²) in [6.07, 6.45) is 0.253. The first-order valence-electron chi connectivity index (χ1n) is 8.53. The van der Waals surface area contributed by atoms with Crippen LogP contribution in [-0.4, -0.2) is 58.5 Å². The molecule has 1 aliphatic heterocycles. The Morgan fingerprint density at radius 2 is 1.62 bits per heavy atom. The second kappa shape index (κ2) is 7.17. The summed E-state index contributed by atoms with van der Waals surface area (Å²) >= 11 is 0. The maximum Gasteiger partial charge on any atom is 0.523 e. The van der Waals surface area contributed by atoms with E-state index < -0.39 is 51.9 Å². The van der Waals surface area contributed by atoms with Crippen molar-refractivity contribution >= 4 is 10.1 Å². The van der Waals surface area contributed by atoms with Gasteiger partial charge in [0.15, 0.2) is 12.1 Å². The number of hydrogen-bond donors (Lipinski definition) is 0. The number of alkyl halides is 3. The Balaban J connectivity index is 1.84. The van der Waals surface area contributed by atoms with Crippen molar-refractivity contribution in [3.05, 3.63) is 0 Å². The summed E-state index contributed by atoms with van der Waals surface area (Å²) in [5.74, 6) is -1.41. The SMILES string of the molecule is COC(OC)[C@H]1C[C@H](OS(=O)(=O)C(F)(F)F)[C@@H]2OC3(CCCCC3)O[C@@H]21. The van der Waals surface area contributed by atoms with E-state index in [2.05, 4.69) is 4.18 Å². The van der Waals surface area contributed by atoms with E-state index in [4.69, 9.17) is 18.9 Å². The maximum absolute atomic E-state index is 12.7. The van der Waals surface area contributed by atoms with Crippen molar-refractivity contribution < 1.29 is 44.7 Å². The second-order valence-corrected chi connectivity index (χ2v) is 8.47. The molecule has 26 heavy (non-hydrogen) atoms. The Kier molecular flexibility index (Phi) is 5.59. The van der Waals surface area contributed by atoms with Gasteiger partial charge in [-0.2, -0.15) is 21.6 Å². The Bertz CT molecular complexity index is 599. The molecule has 0 bridgehead atoms. The number of hydrogen-bond acceptors (Lipinski definition) is 7. The van der Waals surface area contributed by atoms with Gasteiger partial charge in [-0.3, -0.25) is 4.18 Å². The zero-order valence-corrected chi connectivity index (χ0v) is 15.3. The van der Waals surface area contributed by atoms with E-state index in [1.807, 2.05) is 0 Å². The third-order valence-corrected chi connectivity index (χ3v) is 6.35. The van der Waals surface area contributed by atoms with E-state index in [-0.39, 0.29) is 6.42 Å². The summed E-state index contributed by atoms with van der Waals surface area (Å²) in [5, 5.41) is 0. The van der Waals surface area contributed by atoms with Crippen LogP contribution in [-0.2, 0) is 33.2 Å². The minimum Gasteiger partial charge on any atom is -0.356 e. The van der Waals surface area contributed by atoms with E-state index in [9.17, 15) is 21.6 Å². The fourth-order valence-electron chi connectivity index (χ4n) is 4.16. The molecule has 1 heterocycles. The lowest BCUT2D eigenvalue weighted by Gasteiger charge is -2.34. The largest absolute Gasteiger partial charge is 0.523 e. The van der Waals surface area contributed by atoms with Crippen LogP contribution in [0.1, 0.15) is 38.5 Å². The predicted octanol–water partition coefficient (Wildman–Crippen LogP) is 2.30. The van der Waals surface area contributed by atoms with Crippen molar-refractivity contribution in [1.82, 2.24) is 0 Å². The summed E-state index contributed by atoms with van der Waals surface area (Å²) in [4.78, 5) is 0. The zero-order valence-electron chi connectivity index (χ0n) is 14.5. The normalized spacial score (nSPS) is 34.5. The smallest absolute Gasteiger partial charge is 0.356 e. The van der Waals surface area contributed by atoms with Gasteiger partial charge in [0.25, 0.3) is 0 Å². The Morgan fingerprint density at radius 1 is 1.04 bits per heavy atom. The van der Waals surface area contributed by atoms with E-state index in [1.54, 1.807) is 0 Å². The van der Waals surface area contributed by atoms with Gasteiger partial charge >= 0.3 is 15.6 Å². The molecule has 11 heteroatoms. The number of ether oxygens (including phenoxy) is 4. The molecule has 1 saturated heterocycles. The Hall–Kier alpha value is -0.460. The van der Waals surface area contributed by atoms with Gasteiger partial charge in [-0.25, -0.2) is 0 Å². The zero-order chi connectivity index (χ0) is 19.2. The van der Waals surface area contributed by atoms with Crippen molar-refractivity contribution in [2.45, 2.75) is 74.4 Å². The highest BCUT2D eigenvalue weighted by molar-refractivity contribution is 7.87. The highest BCUT2D eigenvalue weighted by Crippen LogP contribution is 2.50. The van der Waals surface area contributed by atoms with Gasteiger partial charge in [0.05, 0.1) is 6.10 Å². The minimum atomic E-state index is -5.74. The van der Waals surface area contributed by atoms with Crippen LogP contribution >= 0.6 is 0 Å². The van der Waals surface area contributed by atoms with Crippen molar-refractivity contribution in [3.8, 4) is 0 Å². The molecule has 2 saturated carbocycles. The van der Waals surface area contributed by atoms with Gasteiger partial charge in [0.1, 0.15) is 12.2 Å². The van der Waals surface area contributed by atoms with Crippen LogP contribution in [0.2, 0.25) is 0 Å². The number of methoxy groups -OCH3 is 2. The van der Waals surface area contributed by atoms with Crippen LogP contribution in [0.4, 0.5) is 13.2 Å². The Labute approximate surface area is 150 Å². The van der Waals surface area contributed by atoms with Crippen molar-refractivity contribution in [3.63, 3.8) is 0 Å². The van der Waals surface area contributed by atoms with Gasteiger partial charge in [-0.15, -0.1) is 0 Å². The average molecular weight is 404 g/mol. The molecule has 2 aliphatic carbocycles. The lowest BCUT2D eigenvalue weighted by molar-refractivity contribution is -0.223. The first kappa shape index (κ1) is 20.3. The molecule has 3 rings (SSSR count). The van der Waals surface area contributed by atoms with Crippen LogP contribution < -0.4 is 0 Å². The van der Waals surface area contributed by atoms with Crippen molar-refractivity contribution in [1.29, 1.82) is 0 Å². The third-order valence-electron chi connectivity index (χ3n) is 5.28. The first-order valence-corrected chi connectivity index (χ1v) is 9.94. The molecular formula is C15H23F3O7S. The third kappa shape index (κ3) is 3.61. The molecule has 3 fully saturated rings. The van der Waals surface area contributed by atoms with Gasteiger partial charge in [-0.1, -0.05) is 6.42 Å². The average Bonchev–Trinajstić information content (AvgIpc) is 3.05. The first-order chi connectivity index (χ1) is 12.1. The minimum absolute atomic E-state index is 0.0485. The highest BCUT2D eigenvalue weighted by atomic mass is 32.2. The van der Waals surface area contributed by atoms with Gasteiger partial charge < -0.3 is 18.9 Å². The van der Waals surface area contributed by atoms with Crippen molar-refractivity contribution in [2.75, 3.05) is 14.2 Å². The monoisotopic (exact) mass is 404 g/mol. The number of halogens is 3. The molecule has 0 amide bonds. The quantitative estimate of drug-likeness (QED) is 0.395. The van der Waals surface area contributed by atoms with Gasteiger partial charge in [0, 0.05) is 33.0 Å².